The molecule has 0 aliphatic heterocycles. The zero-order valence-corrected chi connectivity index (χ0v) is 12.0. The number of nitrogens with two attached hydrogens (primary N) is 1. The zero-order valence-electron chi connectivity index (χ0n) is 12.0. The summed E-state index contributed by atoms with van der Waals surface area (Å²) >= 11 is 0. The zero-order chi connectivity index (χ0) is 14.8. The summed E-state index contributed by atoms with van der Waals surface area (Å²) in [6.07, 6.45) is 1.73. The quantitative estimate of drug-likeness (QED) is 0.852. The maximum Gasteiger partial charge on any atom is 0.0338 e. The van der Waals surface area contributed by atoms with Crippen LogP contribution in [0.4, 0.5) is 0 Å². The summed E-state index contributed by atoms with van der Waals surface area (Å²) in [4.78, 5) is 0. The second kappa shape index (κ2) is 8.64. The molecule has 0 aliphatic rings. The van der Waals surface area contributed by atoms with Gasteiger partial charge in [-0.2, -0.15) is 0 Å². The molecule has 0 bridgehead atoms. The Balaban J connectivity index is 1.87. The lowest BCUT2D eigenvalue weighted by Gasteiger charge is -2.03. The van der Waals surface area contributed by atoms with Gasteiger partial charge in [0.15, 0.2) is 0 Å². The molecule has 0 saturated heterocycles. The van der Waals surface area contributed by atoms with Crippen LogP contribution in [-0.2, 0) is 0 Å². The molecule has 1 atom stereocenters. The summed E-state index contributed by atoms with van der Waals surface area (Å²) in [5.74, 6) is 13.0. The van der Waals surface area contributed by atoms with Gasteiger partial charge in [-0.25, -0.2) is 0 Å². The van der Waals surface area contributed by atoms with Crippen molar-refractivity contribution in [3.8, 4) is 23.7 Å². The minimum Gasteiger partial charge on any atom is -0.329 e. The van der Waals surface area contributed by atoms with Gasteiger partial charge in [0.2, 0.25) is 0 Å². The Morgan fingerprint density at radius 3 is 1.95 bits per heavy atom. The van der Waals surface area contributed by atoms with Crippen molar-refractivity contribution in [1.82, 2.24) is 0 Å². The normalized spacial score (nSPS) is 10.7. The first-order valence-corrected chi connectivity index (χ1v) is 7.19. The SMILES string of the molecule is NCC(C#Cc1ccccc1)CCC#Cc1ccccc1. The molecule has 0 aliphatic carbocycles. The van der Waals surface area contributed by atoms with E-state index in [2.05, 4.69) is 23.7 Å². The van der Waals surface area contributed by atoms with Crippen LogP contribution in [0.1, 0.15) is 24.0 Å². The smallest absolute Gasteiger partial charge is 0.0338 e. The molecule has 0 radical (unpaired) electrons. The second-order valence-corrected chi connectivity index (χ2v) is 4.77. The van der Waals surface area contributed by atoms with Crippen molar-refractivity contribution in [2.45, 2.75) is 12.8 Å². The molecular weight excluding hydrogens is 254 g/mol. The van der Waals surface area contributed by atoms with E-state index in [1.54, 1.807) is 0 Å². The average molecular weight is 273 g/mol. The molecule has 21 heavy (non-hydrogen) atoms. The minimum absolute atomic E-state index is 0.204. The van der Waals surface area contributed by atoms with Crippen molar-refractivity contribution >= 4 is 0 Å². The van der Waals surface area contributed by atoms with Gasteiger partial charge in [-0.1, -0.05) is 60.1 Å². The second-order valence-electron chi connectivity index (χ2n) is 4.77. The average Bonchev–Trinajstić information content (AvgIpc) is 2.56. The maximum atomic E-state index is 5.78. The molecule has 2 rings (SSSR count). The monoisotopic (exact) mass is 273 g/mol. The third-order valence-corrected chi connectivity index (χ3v) is 3.10. The van der Waals surface area contributed by atoms with Crippen LogP contribution in [0.3, 0.4) is 0 Å². The highest BCUT2D eigenvalue weighted by atomic mass is 14.5. The van der Waals surface area contributed by atoms with Gasteiger partial charge in [-0.05, 0) is 30.7 Å². The highest BCUT2D eigenvalue weighted by molar-refractivity contribution is 5.35. The van der Waals surface area contributed by atoms with Gasteiger partial charge in [0.05, 0.1) is 0 Å². The Morgan fingerprint density at radius 2 is 1.38 bits per heavy atom. The lowest BCUT2D eigenvalue weighted by atomic mass is 10.0. The predicted octanol–water partition coefficient (Wildman–Crippen LogP) is 3.44. The van der Waals surface area contributed by atoms with E-state index in [0.29, 0.717) is 6.54 Å². The van der Waals surface area contributed by atoms with Gasteiger partial charge < -0.3 is 5.73 Å². The molecule has 2 N–H and O–H groups in total. The summed E-state index contributed by atoms with van der Waals surface area (Å²) in [7, 11) is 0. The van der Waals surface area contributed by atoms with Crippen LogP contribution < -0.4 is 5.73 Å². The number of hydrogen-bond donors (Lipinski definition) is 1. The van der Waals surface area contributed by atoms with Gasteiger partial charge in [0.25, 0.3) is 0 Å². The van der Waals surface area contributed by atoms with E-state index in [0.717, 1.165) is 24.0 Å². The molecule has 0 heterocycles. The highest BCUT2D eigenvalue weighted by Crippen LogP contribution is 2.04. The fraction of sp³-hybridized carbons (Fsp3) is 0.200. The van der Waals surface area contributed by atoms with Crippen molar-refractivity contribution < 1.29 is 0 Å². The Morgan fingerprint density at radius 1 is 0.810 bits per heavy atom. The molecule has 0 amide bonds. The van der Waals surface area contributed by atoms with E-state index >= 15 is 0 Å². The largest absolute Gasteiger partial charge is 0.329 e. The molecule has 0 fully saturated rings. The number of benzene rings is 2. The summed E-state index contributed by atoms with van der Waals surface area (Å²) in [6, 6.07) is 20.0. The molecular formula is C20H19N. The van der Waals surface area contributed by atoms with Gasteiger partial charge in [-0.15, -0.1) is 0 Å². The van der Waals surface area contributed by atoms with Crippen LogP contribution in [0, 0.1) is 29.6 Å². The molecule has 0 saturated carbocycles. The van der Waals surface area contributed by atoms with E-state index < -0.39 is 0 Å². The first-order valence-electron chi connectivity index (χ1n) is 7.19. The molecule has 104 valence electrons. The predicted molar refractivity (Wildman–Crippen MR) is 88.4 cm³/mol. The van der Waals surface area contributed by atoms with Crippen LogP contribution in [0.5, 0.6) is 0 Å². The van der Waals surface area contributed by atoms with E-state index in [1.807, 2.05) is 60.7 Å². The first kappa shape index (κ1) is 14.9. The molecule has 0 aromatic heterocycles. The molecule has 2 aromatic rings. The minimum atomic E-state index is 0.204. The number of rotatable bonds is 3. The molecule has 2 aromatic carbocycles. The van der Waals surface area contributed by atoms with E-state index in [1.165, 1.54) is 0 Å². The lowest BCUT2D eigenvalue weighted by molar-refractivity contribution is 0.634. The van der Waals surface area contributed by atoms with Gasteiger partial charge >= 0.3 is 0 Å². The van der Waals surface area contributed by atoms with E-state index in [-0.39, 0.29) is 5.92 Å². The molecule has 1 unspecified atom stereocenters. The number of hydrogen-bond acceptors (Lipinski definition) is 1. The van der Waals surface area contributed by atoms with Crippen LogP contribution in [0.15, 0.2) is 60.7 Å². The van der Waals surface area contributed by atoms with Gasteiger partial charge in [0.1, 0.15) is 0 Å². The molecule has 0 spiro atoms. The van der Waals surface area contributed by atoms with E-state index in [9.17, 15) is 0 Å². The van der Waals surface area contributed by atoms with Gasteiger partial charge in [-0.3, -0.25) is 0 Å². The van der Waals surface area contributed by atoms with Gasteiger partial charge in [0, 0.05) is 30.0 Å². The first-order chi connectivity index (χ1) is 10.4. The fourth-order valence-corrected chi connectivity index (χ4v) is 1.89. The van der Waals surface area contributed by atoms with Crippen LogP contribution in [0.2, 0.25) is 0 Å². The third kappa shape index (κ3) is 5.57. The highest BCUT2D eigenvalue weighted by Gasteiger charge is 2.00. The summed E-state index contributed by atoms with van der Waals surface area (Å²) in [5, 5.41) is 0. The molecule has 1 nitrogen and oxygen atoms in total. The van der Waals surface area contributed by atoms with Crippen molar-refractivity contribution in [1.29, 1.82) is 0 Å². The fourth-order valence-electron chi connectivity index (χ4n) is 1.89. The Hall–Kier alpha value is -2.48. The van der Waals surface area contributed by atoms with Crippen molar-refractivity contribution in [3.63, 3.8) is 0 Å². The van der Waals surface area contributed by atoms with Crippen LogP contribution in [-0.4, -0.2) is 6.54 Å². The Bertz CT molecular complexity index is 651. The van der Waals surface area contributed by atoms with Crippen molar-refractivity contribution in [2.75, 3.05) is 6.54 Å². The summed E-state index contributed by atoms with van der Waals surface area (Å²) in [5.41, 5.74) is 7.87. The van der Waals surface area contributed by atoms with Crippen molar-refractivity contribution in [3.05, 3.63) is 71.8 Å². The lowest BCUT2D eigenvalue weighted by Crippen LogP contribution is -2.12. The summed E-state index contributed by atoms with van der Waals surface area (Å²) < 4.78 is 0. The van der Waals surface area contributed by atoms with Crippen LogP contribution in [0.25, 0.3) is 0 Å². The topological polar surface area (TPSA) is 26.0 Å². The maximum absolute atomic E-state index is 5.78. The standard InChI is InChI=1S/C20H19N/c21-17-20(16-15-19-11-5-2-6-12-19)14-8-7-13-18-9-3-1-4-10-18/h1-6,9-12,20H,8,14,17,21H2. The van der Waals surface area contributed by atoms with E-state index in [4.69, 9.17) is 5.73 Å². The third-order valence-electron chi connectivity index (χ3n) is 3.10. The van der Waals surface area contributed by atoms with Crippen LogP contribution >= 0.6 is 0 Å². The summed E-state index contributed by atoms with van der Waals surface area (Å²) in [6.45, 7) is 0.576. The Kier molecular flexibility index (Phi) is 6.14. The Labute approximate surface area is 127 Å². The molecule has 1 heteroatoms. The van der Waals surface area contributed by atoms with Crippen molar-refractivity contribution in [2.24, 2.45) is 11.7 Å².